The van der Waals surface area contributed by atoms with Crippen molar-refractivity contribution < 1.29 is 13.9 Å². The average Bonchev–Trinajstić information content (AvgIpc) is 3.40. The Kier molecular flexibility index (Phi) is 3.72. The molecular weight excluding hydrogens is 311 g/mol. The lowest BCUT2D eigenvalue weighted by Gasteiger charge is -2.25. The van der Waals surface area contributed by atoms with E-state index >= 15 is 0 Å². The minimum absolute atomic E-state index is 0.0429. The Bertz CT molecular complexity index is 880. The molecule has 126 valence electrons. The van der Waals surface area contributed by atoms with Crippen LogP contribution in [0, 0.1) is 5.82 Å². The summed E-state index contributed by atoms with van der Waals surface area (Å²) in [5.74, 6) is -0.144. The fraction of sp³-hybridized carbons (Fsp3) is 0.500. The van der Waals surface area contributed by atoms with Gasteiger partial charge in [-0.1, -0.05) is 0 Å². The molecule has 1 aromatic carbocycles. The first kappa shape index (κ1) is 15.4. The molecule has 1 atom stereocenters. The summed E-state index contributed by atoms with van der Waals surface area (Å²) in [5, 5.41) is 0.188. The highest BCUT2D eigenvalue weighted by Gasteiger charge is 2.32. The molecule has 2 aromatic rings. The van der Waals surface area contributed by atoms with Crippen LogP contribution in [0.5, 0.6) is 0 Å². The molecular formula is C18H19FN2O3. The number of halogens is 1. The van der Waals surface area contributed by atoms with E-state index in [1.807, 2.05) is 0 Å². The van der Waals surface area contributed by atoms with Gasteiger partial charge in [-0.3, -0.25) is 14.2 Å². The lowest BCUT2D eigenvalue weighted by atomic mass is 10.00. The number of benzene rings is 1. The number of hydrogen-bond acceptors (Lipinski definition) is 4. The summed E-state index contributed by atoms with van der Waals surface area (Å²) >= 11 is 0. The van der Waals surface area contributed by atoms with Crippen LogP contribution in [-0.2, 0) is 4.74 Å². The van der Waals surface area contributed by atoms with Crippen molar-refractivity contribution in [3.8, 4) is 0 Å². The molecule has 2 heterocycles. The number of carbonyl (C=O) groups is 1. The Labute approximate surface area is 138 Å². The average molecular weight is 330 g/mol. The van der Waals surface area contributed by atoms with Gasteiger partial charge in [0.2, 0.25) is 0 Å². The summed E-state index contributed by atoms with van der Waals surface area (Å²) < 4.78 is 21.2. The van der Waals surface area contributed by atoms with Crippen molar-refractivity contribution in [3.63, 3.8) is 0 Å². The van der Waals surface area contributed by atoms with Crippen LogP contribution in [0.15, 0.2) is 16.9 Å². The predicted molar refractivity (Wildman–Crippen MR) is 87.0 cm³/mol. The van der Waals surface area contributed by atoms with E-state index in [0.29, 0.717) is 17.9 Å². The van der Waals surface area contributed by atoms with Gasteiger partial charge in [0.15, 0.2) is 5.78 Å². The zero-order valence-corrected chi connectivity index (χ0v) is 13.5. The first-order valence-corrected chi connectivity index (χ1v) is 8.40. The maximum absolute atomic E-state index is 13.9. The highest BCUT2D eigenvalue weighted by Crippen LogP contribution is 2.37. The highest BCUT2D eigenvalue weighted by molar-refractivity contribution is 6.05. The van der Waals surface area contributed by atoms with E-state index in [2.05, 4.69) is 4.98 Å². The van der Waals surface area contributed by atoms with Gasteiger partial charge in [-0.15, -0.1) is 0 Å². The largest absolute Gasteiger partial charge is 0.381 e. The predicted octanol–water partition coefficient (Wildman–Crippen LogP) is 2.97. The minimum atomic E-state index is -0.581. The lowest BCUT2D eigenvalue weighted by molar-refractivity contribution is 0.0766. The topological polar surface area (TPSA) is 61.2 Å². The van der Waals surface area contributed by atoms with E-state index in [9.17, 15) is 14.0 Å². The van der Waals surface area contributed by atoms with Gasteiger partial charge in [0, 0.05) is 24.1 Å². The van der Waals surface area contributed by atoms with Crippen LogP contribution in [0.25, 0.3) is 10.9 Å². The monoisotopic (exact) mass is 330 g/mol. The molecule has 1 unspecified atom stereocenters. The maximum atomic E-state index is 13.9. The highest BCUT2D eigenvalue weighted by atomic mass is 19.1. The van der Waals surface area contributed by atoms with Crippen molar-refractivity contribution in [2.75, 3.05) is 13.2 Å². The second kappa shape index (κ2) is 5.77. The van der Waals surface area contributed by atoms with Crippen LogP contribution in [0.2, 0.25) is 0 Å². The quantitative estimate of drug-likeness (QED) is 0.812. The van der Waals surface area contributed by atoms with Crippen LogP contribution in [0.4, 0.5) is 4.39 Å². The molecule has 0 radical (unpaired) electrons. The number of fused-ring (bicyclic) bond motifs is 1. The summed E-state index contributed by atoms with van der Waals surface area (Å²) in [5.41, 5.74) is 0.236. The van der Waals surface area contributed by atoms with E-state index in [1.54, 1.807) is 4.57 Å². The van der Waals surface area contributed by atoms with Crippen molar-refractivity contribution in [2.24, 2.45) is 0 Å². The van der Waals surface area contributed by atoms with Gasteiger partial charge in [-0.05, 0) is 44.7 Å². The Hall–Kier alpha value is -2.08. The van der Waals surface area contributed by atoms with Gasteiger partial charge in [-0.25, -0.2) is 9.37 Å². The number of aromatic nitrogens is 2. The van der Waals surface area contributed by atoms with Gasteiger partial charge in [0.1, 0.15) is 11.6 Å². The Morgan fingerprint density at radius 2 is 2.12 bits per heavy atom. The SMILES string of the molecule is CC(=O)c1cc(F)cc2c(=O)n(C3CC3)c(C3CCCOC3)nc12. The zero-order valence-electron chi connectivity index (χ0n) is 13.5. The van der Waals surface area contributed by atoms with Crippen LogP contribution in [0.3, 0.4) is 0 Å². The number of hydrogen-bond donors (Lipinski definition) is 0. The van der Waals surface area contributed by atoms with Gasteiger partial charge in [-0.2, -0.15) is 0 Å². The third-order valence-electron chi connectivity index (χ3n) is 4.81. The molecule has 0 spiro atoms. The van der Waals surface area contributed by atoms with Crippen molar-refractivity contribution in [3.05, 3.63) is 39.7 Å². The van der Waals surface area contributed by atoms with E-state index in [-0.39, 0.29) is 34.3 Å². The summed E-state index contributed by atoms with van der Waals surface area (Å²) in [6.45, 7) is 2.62. The standard InChI is InChI=1S/C18H19FN2O3/c1-10(22)14-7-12(19)8-15-16(14)20-17(11-3-2-6-24-9-11)21(18(15)23)13-4-5-13/h7-8,11,13H,2-6,9H2,1H3. The fourth-order valence-corrected chi connectivity index (χ4v) is 3.47. The number of ketones is 1. The third-order valence-corrected chi connectivity index (χ3v) is 4.81. The third kappa shape index (κ3) is 2.55. The van der Waals surface area contributed by atoms with Gasteiger partial charge in [0.25, 0.3) is 5.56 Å². The molecule has 2 fully saturated rings. The Balaban J connectivity index is 2.01. The molecule has 5 nitrogen and oxygen atoms in total. The Morgan fingerprint density at radius 1 is 1.33 bits per heavy atom. The fourth-order valence-electron chi connectivity index (χ4n) is 3.47. The van der Waals surface area contributed by atoms with Crippen molar-refractivity contribution in [1.29, 1.82) is 0 Å². The van der Waals surface area contributed by atoms with Crippen molar-refractivity contribution in [2.45, 2.75) is 44.6 Å². The summed E-state index contributed by atoms with van der Waals surface area (Å²) in [4.78, 5) is 29.6. The number of Topliss-reactive ketones (excluding diaryl/α,β-unsaturated/α-hetero) is 1. The molecule has 1 aliphatic carbocycles. The first-order chi connectivity index (χ1) is 11.6. The van der Waals surface area contributed by atoms with Crippen LogP contribution in [0.1, 0.15) is 60.7 Å². The molecule has 1 aliphatic heterocycles. The molecule has 2 aliphatic rings. The Morgan fingerprint density at radius 3 is 2.75 bits per heavy atom. The number of nitrogens with zero attached hydrogens (tertiary/aromatic N) is 2. The van der Waals surface area contributed by atoms with Crippen molar-refractivity contribution in [1.82, 2.24) is 9.55 Å². The molecule has 1 saturated heterocycles. The van der Waals surface area contributed by atoms with E-state index < -0.39 is 5.82 Å². The molecule has 6 heteroatoms. The molecule has 24 heavy (non-hydrogen) atoms. The van der Waals surface area contributed by atoms with Gasteiger partial charge < -0.3 is 4.74 Å². The normalized spacial score (nSPS) is 21.2. The molecule has 1 aromatic heterocycles. The molecule has 0 N–H and O–H groups in total. The second-order valence-corrected chi connectivity index (χ2v) is 6.70. The lowest BCUT2D eigenvalue weighted by Crippen LogP contribution is -2.30. The molecule has 0 bridgehead atoms. The minimum Gasteiger partial charge on any atom is -0.381 e. The second-order valence-electron chi connectivity index (χ2n) is 6.70. The first-order valence-electron chi connectivity index (χ1n) is 8.40. The summed E-state index contributed by atoms with van der Waals surface area (Å²) in [7, 11) is 0. The molecule has 4 rings (SSSR count). The van der Waals surface area contributed by atoms with Gasteiger partial charge >= 0.3 is 0 Å². The molecule has 1 saturated carbocycles. The maximum Gasteiger partial charge on any atom is 0.261 e. The molecule has 0 amide bonds. The van der Waals surface area contributed by atoms with E-state index in [1.165, 1.54) is 19.1 Å². The number of carbonyl (C=O) groups excluding carboxylic acids is 1. The van der Waals surface area contributed by atoms with Crippen LogP contribution in [-0.4, -0.2) is 28.5 Å². The van der Waals surface area contributed by atoms with Crippen molar-refractivity contribution >= 4 is 16.7 Å². The summed E-state index contributed by atoms with van der Waals surface area (Å²) in [6.07, 6.45) is 3.69. The van der Waals surface area contributed by atoms with E-state index in [4.69, 9.17) is 4.74 Å². The number of rotatable bonds is 3. The number of ether oxygens (including phenoxy) is 1. The van der Waals surface area contributed by atoms with E-state index in [0.717, 1.165) is 32.3 Å². The smallest absolute Gasteiger partial charge is 0.261 e. The van der Waals surface area contributed by atoms with Crippen LogP contribution < -0.4 is 5.56 Å². The zero-order chi connectivity index (χ0) is 16.8. The summed E-state index contributed by atoms with van der Waals surface area (Å²) in [6, 6.07) is 2.49. The van der Waals surface area contributed by atoms with Crippen LogP contribution >= 0.6 is 0 Å². The van der Waals surface area contributed by atoms with Gasteiger partial charge in [0.05, 0.1) is 17.5 Å².